The van der Waals surface area contributed by atoms with E-state index in [1.54, 1.807) is 64.3 Å². The number of rotatable bonds is 10. The minimum absolute atomic E-state index is 0.328. The van der Waals surface area contributed by atoms with Crippen LogP contribution in [0.4, 0.5) is 10.5 Å². The summed E-state index contributed by atoms with van der Waals surface area (Å²) in [6.07, 6.45) is 1.55. The number of nitrogens with zero attached hydrogens (tertiary/aromatic N) is 1. The highest BCUT2D eigenvalue weighted by Crippen LogP contribution is 2.33. The molecule has 2 rings (SSSR count). The van der Waals surface area contributed by atoms with Gasteiger partial charge in [-0.25, -0.2) is 4.79 Å². The molecule has 2 aromatic carbocycles. The molecule has 3 amide bonds. The number of nitrogens with one attached hydrogen (secondary N) is 2. The Kier molecular flexibility index (Phi) is 9.88. The van der Waals surface area contributed by atoms with Gasteiger partial charge in [-0.3, -0.25) is 9.59 Å². The molecule has 2 N–H and O–H groups in total. The highest BCUT2D eigenvalue weighted by molar-refractivity contribution is 5.98. The molecule has 37 heavy (non-hydrogen) atoms. The molecular weight excluding hydrogens is 470 g/mol. The van der Waals surface area contributed by atoms with E-state index >= 15 is 0 Å². The van der Waals surface area contributed by atoms with E-state index in [1.165, 1.54) is 4.90 Å². The molecule has 0 spiro atoms. The summed E-state index contributed by atoms with van der Waals surface area (Å²) in [5, 5.41) is 5.46. The molecule has 1 atom stereocenters. The van der Waals surface area contributed by atoms with Crippen LogP contribution in [0.25, 0.3) is 6.08 Å². The third-order valence-electron chi connectivity index (χ3n) is 5.90. The molecule has 0 radical (unpaired) electrons. The van der Waals surface area contributed by atoms with Gasteiger partial charge in [0.2, 0.25) is 5.91 Å². The minimum Gasteiger partial charge on any atom is -0.497 e. The second kappa shape index (κ2) is 12.4. The third-order valence-corrected chi connectivity index (χ3v) is 5.90. The maximum Gasteiger partial charge on any atom is 0.408 e. The van der Waals surface area contributed by atoms with Crippen molar-refractivity contribution in [2.75, 3.05) is 19.0 Å². The molecule has 0 bridgehead atoms. The van der Waals surface area contributed by atoms with Crippen molar-refractivity contribution in [2.45, 2.75) is 65.1 Å². The van der Waals surface area contributed by atoms with Gasteiger partial charge in [-0.15, -0.1) is 0 Å². The van der Waals surface area contributed by atoms with Crippen molar-refractivity contribution < 1.29 is 23.9 Å². The highest BCUT2D eigenvalue weighted by atomic mass is 16.6. The van der Waals surface area contributed by atoms with Crippen LogP contribution < -0.4 is 15.4 Å². The zero-order chi connectivity index (χ0) is 27.8. The molecule has 0 heterocycles. The van der Waals surface area contributed by atoms with Crippen molar-refractivity contribution >= 4 is 29.7 Å². The molecule has 0 aliphatic carbocycles. The number of carbonyl (C=O) groups is 3. The normalized spacial score (nSPS) is 12.2. The number of alkyl carbamates (subject to hydrolysis) is 1. The summed E-state index contributed by atoms with van der Waals surface area (Å²) in [5.41, 5.74) is 0.563. The fourth-order valence-electron chi connectivity index (χ4n) is 3.71. The lowest BCUT2D eigenvalue weighted by atomic mass is 9.92. The van der Waals surface area contributed by atoms with Crippen molar-refractivity contribution in [3.8, 4) is 5.75 Å². The Balaban J connectivity index is 2.49. The summed E-state index contributed by atoms with van der Waals surface area (Å²) in [4.78, 5) is 41.3. The molecule has 0 aromatic heterocycles. The smallest absolute Gasteiger partial charge is 0.408 e. The van der Waals surface area contributed by atoms with Gasteiger partial charge in [0.1, 0.15) is 23.9 Å². The second-order valence-electron chi connectivity index (χ2n) is 10.3. The van der Waals surface area contributed by atoms with Gasteiger partial charge in [-0.2, -0.15) is 0 Å². The molecular formula is C29H39N3O5. The molecule has 0 fully saturated rings. The number of hydrogen-bond donors (Lipinski definition) is 2. The molecule has 1 unspecified atom stereocenters. The van der Waals surface area contributed by atoms with Gasteiger partial charge in [0, 0.05) is 11.2 Å². The Morgan fingerprint density at radius 1 is 1.05 bits per heavy atom. The van der Waals surface area contributed by atoms with Crippen molar-refractivity contribution in [1.82, 2.24) is 10.2 Å². The molecule has 8 nitrogen and oxygen atoms in total. The zero-order valence-corrected chi connectivity index (χ0v) is 22.9. The van der Waals surface area contributed by atoms with E-state index in [-0.39, 0.29) is 6.54 Å². The van der Waals surface area contributed by atoms with E-state index in [0.29, 0.717) is 23.4 Å². The van der Waals surface area contributed by atoms with Crippen molar-refractivity contribution in [3.05, 3.63) is 66.2 Å². The number of carbonyl (C=O) groups excluding carboxylic acids is 3. The Bertz CT molecular complexity index is 1100. The zero-order valence-electron chi connectivity index (χ0n) is 22.9. The van der Waals surface area contributed by atoms with E-state index in [2.05, 4.69) is 17.2 Å². The first-order valence-corrected chi connectivity index (χ1v) is 12.3. The monoisotopic (exact) mass is 509 g/mol. The molecule has 0 saturated carbocycles. The van der Waals surface area contributed by atoms with Gasteiger partial charge in [-0.1, -0.05) is 37.8 Å². The first kappa shape index (κ1) is 29.4. The van der Waals surface area contributed by atoms with Crippen LogP contribution in [-0.2, 0) is 14.3 Å². The van der Waals surface area contributed by atoms with E-state index in [0.717, 1.165) is 5.56 Å². The largest absolute Gasteiger partial charge is 0.497 e. The summed E-state index contributed by atoms with van der Waals surface area (Å²) in [5.74, 6) is -0.152. The lowest BCUT2D eigenvalue weighted by Crippen LogP contribution is -2.55. The van der Waals surface area contributed by atoms with Gasteiger partial charge < -0.3 is 25.0 Å². The Morgan fingerprint density at radius 3 is 2.24 bits per heavy atom. The number of benzene rings is 2. The van der Waals surface area contributed by atoms with Crippen LogP contribution >= 0.6 is 0 Å². The summed E-state index contributed by atoms with van der Waals surface area (Å²) in [7, 11) is 1.57. The van der Waals surface area contributed by atoms with Crippen LogP contribution in [0.1, 0.15) is 65.1 Å². The van der Waals surface area contributed by atoms with Crippen molar-refractivity contribution in [1.29, 1.82) is 0 Å². The topological polar surface area (TPSA) is 97.0 Å². The average molecular weight is 510 g/mol. The first-order chi connectivity index (χ1) is 17.3. The highest BCUT2D eigenvalue weighted by Gasteiger charge is 2.40. The molecule has 2 aromatic rings. The van der Waals surface area contributed by atoms with Gasteiger partial charge >= 0.3 is 6.09 Å². The summed E-state index contributed by atoms with van der Waals surface area (Å²) in [6.45, 7) is 14.5. The maximum atomic E-state index is 13.8. The number of amides is 3. The predicted octanol–water partition coefficient (Wildman–Crippen LogP) is 5.56. The number of ether oxygens (including phenoxy) is 2. The number of hydrogen-bond acceptors (Lipinski definition) is 5. The molecule has 0 saturated heterocycles. The van der Waals surface area contributed by atoms with E-state index in [1.807, 2.05) is 39.0 Å². The number of methoxy groups -OCH3 is 1. The van der Waals surface area contributed by atoms with Gasteiger partial charge in [0.25, 0.3) is 5.91 Å². The van der Waals surface area contributed by atoms with Gasteiger partial charge in [-0.05, 0) is 82.5 Å². The minimum atomic E-state index is -0.982. The van der Waals surface area contributed by atoms with Gasteiger partial charge in [0.05, 0.1) is 7.11 Å². The first-order valence-electron chi connectivity index (χ1n) is 12.3. The summed E-state index contributed by atoms with van der Waals surface area (Å²) < 4.78 is 10.5. The fourth-order valence-corrected chi connectivity index (χ4v) is 3.71. The van der Waals surface area contributed by atoms with Gasteiger partial charge in [0.15, 0.2) is 0 Å². The standard InChI is InChI=1S/C29H39N3O5/c1-9-20-12-11-13-21(18-20)25(26(34)31-22-14-16-23(36-8)17-15-22)32(29(6,7)10-2)24(33)19-30-27(35)37-28(3,4)5/h9,11-18,25H,1,10,19H2,2-8H3,(H,30,35)(H,31,34). The van der Waals surface area contributed by atoms with E-state index in [9.17, 15) is 14.4 Å². The van der Waals surface area contributed by atoms with Crippen LogP contribution in [0.5, 0.6) is 5.75 Å². The Morgan fingerprint density at radius 2 is 1.70 bits per heavy atom. The third kappa shape index (κ3) is 8.37. The van der Waals surface area contributed by atoms with Crippen LogP contribution in [0.15, 0.2) is 55.1 Å². The maximum absolute atomic E-state index is 13.8. The van der Waals surface area contributed by atoms with E-state index < -0.39 is 35.1 Å². The molecule has 0 aliphatic heterocycles. The average Bonchev–Trinajstić information content (AvgIpc) is 2.85. The van der Waals surface area contributed by atoms with Crippen molar-refractivity contribution in [3.63, 3.8) is 0 Å². The summed E-state index contributed by atoms with van der Waals surface area (Å²) in [6, 6.07) is 13.3. The molecule has 200 valence electrons. The fraction of sp³-hybridized carbons (Fsp3) is 0.414. The second-order valence-corrected chi connectivity index (χ2v) is 10.3. The van der Waals surface area contributed by atoms with E-state index in [4.69, 9.17) is 9.47 Å². The Hall–Kier alpha value is -3.81. The lowest BCUT2D eigenvalue weighted by Gasteiger charge is -2.43. The van der Waals surface area contributed by atoms with Crippen LogP contribution in [-0.4, -0.2) is 47.6 Å². The lowest BCUT2D eigenvalue weighted by molar-refractivity contribution is -0.145. The molecule has 0 aliphatic rings. The van der Waals surface area contributed by atoms with Crippen LogP contribution in [0, 0.1) is 0 Å². The number of anilines is 1. The quantitative estimate of drug-likeness (QED) is 0.437. The van der Waals surface area contributed by atoms with Crippen molar-refractivity contribution in [2.24, 2.45) is 0 Å². The van der Waals surface area contributed by atoms with Crippen LogP contribution in [0.2, 0.25) is 0 Å². The molecule has 8 heteroatoms. The predicted molar refractivity (Wildman–Crippen MR) is 146 cm³/mol. The SMILES string of the molecule is C=Cc1cccc(C(C(=O)Nc2ccc(OC)cc2)N(C(=O)CNC(=O)OC(C)(C)C)C(C)(C)CC)c1. The Labute approximate surface area is 220 Å². The summed E-state index contributed by atoms with van der Waals surface area (Å²) >= 11 is 0. The van der Waals surface area contributed by atoms with Crippen LogP contribution in [0.3, 0.4) is 0 Å².